The summed E-state index contributed by atoms with van der Waals surface area (Å²) in [6.07, 6.45) is 4.23. The first-order chi connectivity index (χ1) is 9.32. The predicted octanol–water partition coefficient (Wildman–Crippen LogP) is 0.472. The van der Waals surface area contributed by atoms with Gasteiger partial charge in [-0.3, -0.25) is 9.59 Å². The number of carbonyl (C=O) groups is 3. The molecule has 1 fully saturated rings. The molecule has 0 aromatic carbocycles. The minimum absolute atomic E-state index is 0.0872. The highest BCUT2D eigenvalue weighted by Gasteiger charge is 2.31. The summed E-state index contributed by atoms with van der Waals surface area (Å²) in [7, 11) is 0. The average molecular weight is 286 g/mol. The van der Waals surface area contributed by atoms with E-state index in [2.05, 4.69) is 5.32 Å². The molecule has 0 bridgehead atoms. The maximum atomic E-state index is 11.9. The van der Waals surface area contributed by atoms with Crippen molar-refractivity contribution in [3.63, 3.8) is 0 Å². The van der Waals surface area contributed by atoms with E-state index < -0.39 is 29.4 Å². The molecule has 20 heavy (non-hydrogen) atoms. The van der Waals surface area contributed by atoms with E-state index in [-0.39, 0.29) is 19.3 Å². The Hall–Kier alpha value is -1.63. The first kappa shape index (κ1) is 16.4. The minimum atomic E-state index is -1.23. The third kappa shape index (κ3) is 5.56. The number of nitrogens with two attached hydrogens (primary N) is 1. The van der Waals surface area contributed by atoms with Crippen molar-refractivity contribution in [2.45, 2.75) is 62.9 Å². The Bertz CT molecular complexity index is 377. The van der Waals surface area contributed by atoms with E-state index in [9.17, 15) is 14.4 Å². The Morgan fingerprint density at radius 1 is 1.15 bits per heavy atom. The van der Waals surface area contributed by atoms with Gasteiger partial charge in [0.1, 0.15) is 6.04 Å². The molecule has 1 atom stereocenters. The largest absolute Gasteiger partial charge is 0.481 e. The standard InChI is InChI=1S/C13H22N2O5/c14-13(6-2-1-3-7-13)8-10(16)15-9(12(19)20)4-5-11(17)18/h9H,1-8,14H2,(H,15,16)(H,17,18)(H,19,20)/t9-/m0/s1. The number of rotatable bonds is 7. The second kappa shape index (κ2) is 7.23. The zero-order valence-corrected chi connectivity index (χ0v) is 11.4. The Balaban J connectivity index is 2.48. The highest BCUT2D eigenvalue weighted by atomic mass is 16.4. The van der Waals surface area contributed by atoms with Crippen molar-refractivity contribution in [2.24, 2.45) is 5.73 Å². The van der Waals surface area contributed by atoms with Crippen LogP contribution in [-0.2, 0) is 14.4 Å². The van der Waals surface area contributed by atoms with Gasteiger partial charge in [-0.15, -0.1) is 0 Å². The number of nitrogens with one attached hydrogen (secondary N) is 1. The fourth-order valence-corrected chi connectivity index (χ4v) is 2.52. The van der Waals surface area contributed by atoms with Gasteiger partial charge in [-0.1, -0.05) is 19.3 Å². The topological polar surface area (TPSA) is 130 Å². The molecule has 0 aromatic heterocycles. The van der Waals surface area contributed by atoms with Crippen molar-refractivity contribution >= 4 is 17.8 Å². The fourth-order valence-electron chi connectivity index (χ4n) is 2.52. The second-order valence-corrected chi connectivity index (χ2v) is 5.49. The maximum Gasteiger partial charge on any atom is 0.326 e. The maximum absolute atomic E-state index is 11.9. The summed E-state index contributed by atoms with van der Waals surface area (Å²) in [4.78, 5) is 33.3. The van der Waals surface area contributed by atoms with Crippen molar-refractivity contribution in [2.75, 3.05) is 0 Å². The quantitative estimate of drug-likeness (QED) is 0.538. The number of hydrogen-bond donors (Lipinski definition) is 4. The van der Waals surface area contributed by atoms with Crippen molar-refractivity contribution in [1.29, 1.82) is 0 Å². The van der Waals surface area contributed by atoms with Crippen LogP contribution in [0.2, 0.25) is 0 Å². The van der Waals surface area contributed by atoms with Gasteiger partial charge in [-0.2, -0.15) is 0 Å². The normalized spacial score (nSPS) is 19.1. The van der Waals surface area contributed by atoms with Crippen LogP contribution in [0.25, 0.3) is 0 Å². The van der Waals surface area contributed by atoms with Crippen LogP contribution < -0.4 is 11.1 Å². The van der Waals surface area contributed by atoms with Crippen molar-refractivity contribution in [3.8, 4) is 0 Å². The van der Waals surface area contributed by atoms with E-state index >= 15 is 0 Å². The summed E-state index contributed by atoms with van der Waals surface area (Å²) in [5.74, 6) is -2.74. The summed E-state index contributed by atoms with van der Waals surface area (Å²) >= 11 is 0. The van der Waals surface area contributed by atoms with Crippen LogP contribution in [0.3, 0.4) is 0 Å². The third-order valence-electron chi connectivity index (χ3n) is 3.64. The lowest BCUT2D eigenvalue weighted by molar-refractivity contribution is -0.143. The van der Waals surface area contributed by atoms with Crippen LogP contribution >= 0.6 is 0 Å². The lowest BCUT2D eigenvalue weighted by Gasteiger charge is -2.33. The summed E-state index contributed by atoms with van der Waals surface area (Å²) in [6.45, 7) is 0. The van der Waals surface area contributed by atoms with Gasteiger partial charge in [0, 0.05) is 18.4 Å². The van der Waals surface area contributed by atoms with E-state index in [1.807, 2.05) is 0 Å². The lowest BCUT2D eigenvalue weighted by Crippen LogP contribution is -2.49. The van der Waals surface area contributed by atoms with Gasteiger partial charge < -0.3 is 21.3 Å². The number of hydrogen-bond acceptors (Lipinski definition) is 4. The minimum Gasteiger partial charge on any atom is -0.481 e. The summed E-state index contributed by atoms with van der Waals surface area (Å²) in [5, 5.41) is 19.9. The number of amides is 1. The van der Waals surface area contributed by atoms with Crippen LogP contribution in [0.15, 0.2) is 0 Å². The van der Waals surface area contributed by atoms with E-state index in [0.717, 1.165) is 32.1 Å². The SMILES string of the molecule is NC1(CC(=O)N[C@@H](CCC(=O)O)C(=O)O)CCCCC1. The zero-order valence-electron chi connectivity index (χ0n) is 11.4. The van der Waals surface area contributed by atoms with Crippen molar-refractivity contribution < 1.29 is 24.6 Å². The molecule has 0 heterocycles. The van der Waals surface area contributed by atoms with Gasteiger partial charge in [-0.25, -0.2) is 4.79 Å². The summed E-state index contributed by atoms with van der Waals surface area (Å²) < 4.78 is 0. The van der Waals surface area contributed by atoms with E-state index in [1.54, 1.807) is 0 Å². The number of carboxylic acid groups (broad SMARTS) is 2. The molecule has 0 aromatic rings. The first-order valence-electron chi connectivity index (χ1n) is 6.85. The number of carboxylic acids is 2. The van der Waals surface area contributed by atoms with Crippen LogP contribution in [0.5, 0.6) is 0 Å². The van der Waals surface area contributed by atoms with E-state index in [1.165, 1.54) is 0 Å². The van der Waals surface area contributed by atoms with Crippen LogP contribution in [0.4, 0.5) is 0 Å². The fraction of sp³-hybridized carbons (Fsp3) is 0.769. The Kier molecular flexibility index (Phi) is 5.94. The summed E-state index contributed by atoms with van der Waals surface area (Å²) in [5.41, 5.74) is 5.57. The number of carbonyl (C=O) groups excluding carboxylic acids is 1. The van der Waals surface area contributed by atoms with E-state index in [4.69, 9.17) is 15.9 Å². The molecule has 1 rings (SSSR count). The van der Waals surface area contributed by atoms with Gasteiger partial charge in [-0.05, 0) is 19.3 Å². The van der Waals surface area contributed by atoms with Crippen molar-refractivity contribution in [1.82, 2.24) is 5.32 Å². The van der Waals surface area contributed by atoms with Crippen LogP contribution in [-0.4, -0.2) is 39.6 Å². The molecular formula is C13H22N2O5. The smallest absolute Gasteiger partial charge is 0.326 e. The van der Waals surface area contributed by atoms with Gasteiger partial charge in [0.05, 0.1) is 0 Å². The van der Waals surface area contributed by atoms with Gasteiger partial charge >= 0.3 is 11.9 Å². The molecular weight excluding hydrogens is 264 g/mol. The van der Waals surface area contributed by atoms with Crippen LogP contribution in [0.1, 0.15) is 51.4 Å². The van der Waals surface area contributed by atoms with Crippen molar-refractivity contribution in [3.05, 3.63) is 0 Å². The van der Waals surface area contributed by atoms with E-state index in [0.29, 0.717) is 0 Å². The zero-order chi connectivity index (χ0) is 15.2. The Morgan fingerprint density at radius 3 is 2.25 bits per heavy atom. The molecule has 0 saturated heterocycles. The molecule has 1 aliphatic rings. The molecule has 0 spiro atoms. The molecule has 1 aliphatic carbocycles. The average Bonchev–Trinajstić information content (AvgIpc) is 2.34. The molecule has 7 heteroatoms. The summed E-state index contributed by atoms with van der Waals surface area (Å²) in [6, 6.07) is -1.18. The number of aliphatic carboxylic acids is 2. The van der Waals surface area contributed by atoms with Crippen LogP contribution in [0, 0.1) is 0 Å². The van der Waals surface area contributed by atoms with Gasteiger partial charge in [0.25, 0.3) is 0 Å². The highest BCUT2D eigenvalue weighted by molar-refractivity contribution is 5.84. The lowest BCUT2D eigenvalue weighted by atomic mass is 9.80. The van der Waals surface area contributed by atoms with Gasteiger partial charge in [0.2, 0.25) is 5.91 Å². The Morgan fingerprint density at radius 2 is 1.75 bits per heavy atom. The molecule has 5 N–H and O–H groups in total. The highest BCUT2D eigenvalue weighted by Crippen LogP contribution is 2.28. The second-order valence-electron chi connectivity index (χ2n) is 5.49. The molecule has 1 amide bonds. The predicted molar refractivity (Wildman–Crippen MR) is 71.1 cm³/mol. The molecule has 0 radical (unpaired) electrons. The molecule has 114 valence electrons. The van der Waals surface area contributed by atoms with Gasteiger partial charge in [0.15, 0.2) is 0 Å². The molecule has 1 saturated carbocycles. The molecule has 0 aliphatic heterocycles. The molecule has 7 nitrogen and oxygen atoms in total. The third-order valence-corrected chi connectivity index (χ3v) is 3.64. The first-order valence-corrected chi connectivity index (χ1v) is 6.85. The molecule has 0 unspecified atom stereocenters. The Labute approximate surface area is 117 Å². The monoisotopic (exact) mass is 286 g/mol.